The molecule has 1 fully saturated rings. The molecule has 0 saturated carbocycles. The molecule has 2 aliphatic rings. The zero-order valence-electron chi connectivity index (χ0n) is 15.4. The predicted octanol–water partition coefficient (Wildman–Crippen LogP) is 1.86. The first-order valence-corrected chi connectivity index (χ1v) is 9.56. The van der Waals surface area contributed by atoms with Gasteiger partial charge in [-0.1, -0.05) is 0 Å². The van der Waals surface area contributed by atoms with Gasteiger partial charge in [0.1, 0.15) is 5.82 Å². The van der Waals surface area contributed by atoms with Gasteiger partial charge in [-0.2, -0.15) is 22.8 Å². The van der Waals surface area contributed by atoms with Crippen LogP contribution in [0, 0.1) is 0 Å². The Morgan fingerprint density at radius 2 is 1.97 bits per heavy atom. The molecule has 3 aromatic rings. The summed E-state index contributed by atoms with van der Waals surface area (Å²) in [6.45, 7) is 1.02. The van der Waals surface area contributed by atoms with Crippen LogP contribution in [0.25, 0.3) is 5.65 Å². The molecule has 4 heterocycles. The number of nitrogens with zero attached hydrogens (tertiary/aromatic N) is 7. The van der Waals surface area contributed by atoms with Gasteiger partial charge in [0.25, 0.3) is 11.4 Å². The third-order valence-electron chi connectivity index (χ3n) is 5.58. The molecule has 0 aromatic carbocycles. The van der Waals surface area contributed by atoms with Crippen LogP contribution in [-0.2, 0) is 25.6 Å². The highest BCUT2D eigenvalue weighted by molar-refractivity contribution is 5.47. The van der Waals surface area contributed by atoms with Gasteiger partial charge in [0.05, 0.1) is 18.3 Å². The van der Waals surface area contributed by atoms with E-state index in [1.165, 1.54) is 10.7 Å². The topological polar surface area (TPSA) is 81.2 Å². The fourth-order valence-electron chi connectivity index (χ4n) is 4.21. The largest absolute Gasteiger partial charge is 0.453 e. The normalized spacial score (nSPS) is 19.3. The van der Waals surface area contributed by atoms with Crippen molar-refractivity contribution in [1.82, 2.24) is 29.6 Å². The van der Waals surface area contributed by atoms with E-state index in [4.69, 9.17) is 0 Å². The summed E-state index contributed by atoms with van der Waals surface area (Å²) in [6, 6.07) is 4.70. The highest BCUT2D eigenvalue weighted by Gasteiger charge is 2.38. The van der Waals surface area contributed by atoms with Crippen LogP contribution in [0.15, 0.2) is 23.0 Å². The molecule has 0 bridgehead atoms. The molecule has 3 aromatic heterocycles. The molecule has 1 atom stereocenters. The van der Waals surface area contributed by atoms with E-state index in [0.717, 1.165) is 47.9 Å². The standard InChI is InChI=1S/C18H18F3N7O/c19-18(20,21)17-23-22-14-6-7-15(25-28(14)17)26-8-2-4-12(26)10-27-16(29)9-11-3-1-5-13(11)24-27/h6-7,9,12H,1-5,8,10H2. The van der Waals surface area contributed by atoms with E-state index < -0.39 is 12.0 Å². The Hall–Kier alpha value is -2.98. The highest BCUT2D eigenvalue weighted by atomic mass is 19.4. The minimum Gasteiger partial charge on any atom is -0.350 e. The Morgan fingerprint density at radius 3 is 2.79 bits per heavy atom. The summed E-state index contributed by atoms with van der Waals surface area (Å²) in [6.07, 6.45) is -0.213. The lowest BCUT2D eigenvalue weighted by molar-refractivity contribution is -0.146. The fraction of sp³-hybridized carbons (Fsp3) is 0.500. The molecule has 152 valence electrons. The third kappa shape index (κ3) is 3.14. The molecule has 8 nitrogen and oxygen atoms in total. The number of fused-ring (bicyclic) bond motifs is 2. The summed E-state index contributed by atoms with van der Waals surface area (Å²) in [5, 5.41) is 15.4. The van der Waals surface area contributed by atoms with Gasteiger partial charge in [0.2, 0.25) is 0 Å². The molecule has 1 aliphatic carbocycles. The summed E-state index contributed by atoms with van der Waals surface area (Å²) < 4.78 is 41.7. The molecular weight excluding hydrogens is 387 g/mol. The second-order valence-electron chi connectivity index (χ2n) is 7.46. The monoisotopic (exact) mass is 405 g/mol. The van der Waals surface area contributed by atoms with Crippen molar-refractivity contribution in [3.8, 4) is 0 Å². The number of aryl methyl sites for hydroxylation is 2. The molecule has 1 saturated heterocycles. The van der Waals surface area contributed by atoms with Crippen molar-refractivity contribution in [1.29, 1.82) is 0 Å². The van der Waals surface area contributed by atoms with Crippen LogP contribution in [-0.4, -0.2) is 42.2 Å². The van der Waals surface area contributed by atoms with Gasteiger partial charge < -0.3 is 4.90 Å². The Balaban J connectivity index is 1.46. The van der Waals surface area contributed by atoms with E-state index in [-0.39, 0.29) is 17.2 Å². The second-order valence-corrected chi connectivity index (χ2v) is 7.46. The smallest absolute Gasteiger partial charge is 0.350 e. The van der Waals surface area contributed by atoms with Crippen LogP contribution < -0.4 is 10.5 Å². The first kappa shape index (κ1) is 18.1. The van der Waals surface area contributed by atoms with E-state index in [1.807, 2.05) is 4.90 Å². The molecular formula is C18H18F3N7O. The maximum absolute atomic E-state index is 13.2. The molecule has 5 rings (SSSR count). The van der Waals surface area contributed by atoms with Gasteiger partial charge >= 0.3 is 6.18 Å². The van der Waals surface area contributed by atoms with E-state index in [2.05, 4.69) is 20.4 Å². The predicted molar refractivity (Wildman–Crippen MR) is 96.7 cm³/mol. The van der Waals surface area contributed by atoms with E-state index in [9.17, 15) is 18.0 Å². The van der Waals surface area contributed by atoms with Crippen molar-refractivity contribution in [2.24, 2.45) is 0 Å². The molecule has 11 heteroatoms. The lowest BCUT2D eigenvalue weighted by Crippen LogP contribution is -2.38. The van der Waals surface area contributed by atoms with Gasteiger partial charge in [0.15, 0.2) is 5.65 Å². The summed E-state index contributed by atoms with van der Waals surface area (Å²) in [5.74, 6) is -0.749. The number of rotatable bonds is 3. The van der Waals surface area contributed by atoms with E-state index >= 15 is 0 Å². The summed E-state index contributed by atoms with van der Waals surface area (Å²) in [5.41, 5.74) is 1.88. The Kier molecular flexibility index (Phi) is 4.07. The van der Waals surface area contributed by atoms with Crippen molar-refractivity contribution in [2.45, 2.75) is 50.9 Å². The van der Waals surface area contributed by atoms with Crippen molar-refractivity contribution in [3.05, 3.63) is 45.6 Å². The number of anilines is 1. The highest BCUT2D eigenvalue weighted by Crippen LogP contribution is 2.29. The van der Waals surface area contributed by atoms with Crippen LogP contribution in [0.4, 0.5) is 19.0 Å². The van der Waals surface area contributed by atoms with Crippen LogP contribution in [0.1, 0.15) is 36.3 Å². The quantitative estimate of drug-likeness (QED) is 0.662. The summed E-state index contributed by atoms with van der Waals surface area (Å²) >= 11 is 0. The van der Waals surface area contributed by atoms with Gasteiger partial charge in [-0.05, 0) is 49.8 Å². The molecule has 29 heavy (non-hydrogen) atoms. The van der Waals surface area contributed by atoms with Gasteiger partial charge in [-0.3, -0.25) is 4.79 Å². The fourth-order valence-corrected chi connectivity index (χ4v) is 4.21. The molecule has 0 N–H and O–H groups in total. The number of alkyl halides is 3. The van der Waals surface area contributed by atoms with Gasteiger partial charge in [0, 0.05) is 12.6 Å². The van der Waals surface area contributed by atoms with Crippen molar-refractivity contribution in [3.63, 3.8) is 0 Å². The average molecular weight is 405 g/mol. The first-order valence-electron chi connectivity index (χ1n) is 9.56. The van der Waals surface area contributed by atoms with Gasteiger partial charge in [-0.15, -0.1) is 15.3 Å². The third-order valence-corrected chi connectivity index (χ3v) is 5.58. The lowest BCUT2D eigenvalue weighted by atomic mass is 10.2. The summed E-state index contributed by atoms with van der Waals surface area (Å²) in [7, 11) is 0. The number of hydrogen-bond donors (Lipinski definition) is 0. The zero-order valence-corrected chi connectivity index (χ0v) is 15.4. The minimum atomic E-state index is -4.64. The van der Waals surface area contributed by atoms with Crippen molar-refractivity contribution < 1.29 is 13.2 Å². The molecule has 1 unspecified atom stereocenters. The molecule has 0 amide bonds. The average Bonchev–Trinajstić information content (AvgIpc) is 3.39. The van der Waals surface area contributed by atoms with Crippen LogP contribution in [0.2, 0.25) is 0 Å². The second kappa shape index (κ2) is 6.53. The minimum absolute atomic E-state index is 0.0355. The van der Waals surface area contributed by atoms with Crippen molar-refractivity contribution >= 4 is 11.5 Å². The Labute approximate surface area is 163 Å². The SMILES string of the molecule is O=c1cc2c(nn1CC1CCCN1c1ccc3nnc(C(F)(F)F)n3n1)CCC2. The Morgan fingerprint density at radius 1 is 1.10 bits per heavy atom. The first-order chi connectivity index (χ1) is 13.9. The molecule has 1 aliphatic heterocycles. The number of aromatic nitrogens is 6. The maximum atomic E-state index is 13.2. The zero-order chi connectivity index (χ0) is 20.2. The number of halogens is 3. The van der Waals surface area contributed by atoms with Crippen LogP contribution >= 0.6 is 0 Å². The van der Waals surface area contributed by atoms with Crippen molar-refractivity contribution in [2.75, 3.05) is 11.4 Å². The molecule has 0 spiro atoms. The van der Waals surface area contributed by atoms with Crippen LogP contribution in [0.5, 0.6) is 0 Å². The molecule has 0 radical (unpaired) electrons. The summed E-state index contributed by atoms with van der Waals surface area (Å²) in [4.78, 5) is 14.4. The van der Waals surface area contributed by atoms with Crippen LogP contribution in [0.3, 0.4) is 0 Å². The van der Waals surface area contributed by atoms with E-state index in [0.29, 0.717) is 18.9 Å². The van der Waals surface area contributed by atoms with Gasteiger partial charge in [-0.25, -0.2) is 4.68 Å². The maximum Gasteiger partial charge on any atom is 0.453 e. The lowest BCUT2D eigenvalue weighted by Gasteiger charge is -2.26. The Bertz CT molecular complexity index is 1140. The van der Waals surface area contributed by atoms with E-state index in [1.54, 1.807) is 12.1 Å². The number of hydrogen-bond acceptors (Lipinski definition) is 6.